The number of pyridine rings is 5. The van der Waals surface area contributed by atoms with Gasteiger partial charge in [-0.15, -0.1) is 0 Å². The molecule has 476 valence electrons. The average molecular weight is 1200 g/mol. The van der Waals surface area contributed by atoms with Gasteiger partial charge in [0.1, 0.15) is 0 Å². The number of rotatable bonds is 0. The third kappa shape index (κ3) is 20.7. The number of fused-ring (bicyclic) bond motifs is 6. The number of aromatic nitrogens is 6. The lowest BCUT2D eigenvalue weighted by Crippen LogP contribution is -1.90. The molecule has 6 aromatic carbocycles. The standard InChI is InChI=1S/5C12H13N.C11H13N.6C2H6/c1-8-4-5-11-7-13-6-9(2)12(11)10(8)3;1-8-4-5-11-6-7-13-10(3)12(11)9(8)2;1-8-4-5-11-12(10(8)3)9(2)6-7-13-11;1-8-5-4-6-11-7-13-10(3)9(2)12(8)11;1-8-5-4-6-11-12(8)10(3)9(2)7-13-11;1-8-4-5-10-6-7-12(3)11(10)9(8)2;6*1-2/h5*4-7H,1-3H3;4-7H,1-3H3;6*1-2H3. The summed E-state index contributed by atoms with van der Waals surface area (Å²) in [5.74, 6) is 0. The van der Waals surface area contributed by atoms with E-state index in [0.717, 1.165) is 22.4 Å². The summed E-state index contributed by atoms with van der Waals surface area (Å²) in [6.07, 6.45) is 13.6. The molecule has 0 aliphatic rings. The second-order valence-corrected chi connectivity index (χ2v) is 21.0. The molecule has 0 spiro atoms. The van der Waals surface area contributed by atoms with Gasteiger partial charge in [0.05, 0.1) is 16.6 Å². The predicted octanol–water partition coefficient (Wildman–Crippen LogP) is 24.8. The molecule has 0 saturated carbocycles. The fourth-order valence-corrected chi connectivity index (χ4v) is 10.4. The van der Waals surface area contributed by atoms with Crippen molar-refractivity contribution in [2.45, 2.75) is 201 Å². The van der Waals surface area contributed by atoms with Gasteiger partial charge in [0.2, 0.25) is 0 Å². The van der Waals surface area contributed by atoms with Crippen LogP contribution in [0.15, 0.2) is 147 Å². The molecule has 0 amide bonds. The lowest BCUT2D eigenvalue weighted by Gasteiger charge is -2.07. The maximum absolute atomic E-state index is 4.40. The summed E-state index contributed by atoms with van der Waals surface area (Å²) >= 11 is 0. The number of hydrogen-bond donors (Lipinski definition) is 0. The van der Waals surface area contributed by atoms with Gasteiger partial charge in [-0.1, -0.05) is 156 Å². The molecule has 12 rings (SSSR count). The van der Waals surface area contributed by atoms with Crippen molar-refractivity contribution in [2.24, 2.45) is 7.05 Å². The zero-order chi connectivity index (χ0) is 67.8. The van der Waals surface area contributed by atoms with Gasteiger partial charge >= 0.3 is 0 Å². The van der Waals surface area contributed by atoms with Crippen molar-refractivity contribution in [1.29, 1.82) is 0 Å². The second kappa shape index (κ2) is 40.5. The largest absolute Gasteiger partial charge is 0.350 e. The molecule has 0 bridgehead atoms. The summed E-state index contributed by atoms with van der Waals surface area (Å²) < 4.78 is 2.18. The van der Waals surface area contributed by atoms with Gasteiger partial charge in [0, 0.05) is 88.7 Å². The Bertz CT molecular complexity index is 3570. The molecule has 6 heterocycles. The summed E-state index contributed by atoms with van der Waals surface area (Å²) in [4.78, 5) is 21.6. The van der Waals surface area contributed by atoms with Gasteiger partial charge in [-0.25, -0.2) is 0 Å². The van der Waals surface area contributed by atoms with E-state index in [-0.39, 0.29) is 0 Å². The van der Waals surface area contributed by atoms with E-state index in [1.807, 2.05) is 120 Å². The monoisotopic (exact) mass is 1190 g/mol. The van der Waals surface area contributed by atoms with Crippen LogP contribution in [0.4, 0.5) is 0 Å². The topological polar surface area (TPSA) is 69.4 Å². The van der Waals surface area contributed by atoms with Crippen LogP contribution in [0.1, 0.15) is 178 Å². The average Bonchev–Trinajstić information content (AvgIpc) is 2.01. The molecule has 0 aliphatic heterocycles. The summed E-state index contributed by atoms with van der Waals surface area (Å²) in [7, 11) is 2.09. The quantitative estimate of drug-likeness (QED) is 0.151. The normalized spacial score (nSPS) is 9.69. The molecule has 89 heavy (non-hydrogen) atoms. The van der Waals surface area contributed by atoms with Gasteiger partial charge in [-0.05, 0) is 253 Å². The van der Waals surface area contributed by atoms with Crippen LogP contribution in [0.3, 0.4) is 0 Å². The second-order valence-electron chi connectivity index (χ2n) is 21.0. The summed E-state index contributed by atoms with van der Waals surface area (Å²) in [5, 5.41) is 11.7. The van der Waals surface area contributed by atoms with E-state index in [1.165, 1.54) is 137 Å². The third-order valence-electron chi connectivity index (χ3n) is 15.7. The summed E-state index contributed by atoms with van der Waals surface area (Å²) in [6, 6.07) is 36.1. The van der Waals surface area contributed by atoms with Crippen molar-refractivity contribution in [3.8, 4) is 0 Å². The van der Waals surface area contributed by atoms with E-state index in [9.17, 15) is 0 Å². The van der Waals surface area contributed by atoms with Crippen molar-refractivity contribution in [1.82, 2.24) is 29.5 Å². The van der Waals surface area contributed by atoms with Gasteiger partial charge < -0.3 is 4.57 Å². The molecule has 0 saturated heterocycles. The lowest BCUT2D eigenvalue weighted by molar-refractivity contribution is 0.963. The maximum Gasteiger partial charge on any atom is 0.0707 e. The van der Waals surface area contributed by atoms with Crippen LogP contribution in [0.2, 0.25) is 0 Å². The van der Waals surface area contributed by atoms with Crippen LogP contribution in [-0.2, 0) is 7.05 Å². The number of nitrogens with zero attached hydrogens (tertiary/aromatic N) is 6. The van der Waals surface area contributed by atoms with Crippen molar-refractivity contribution in [2.75, 3.05) is 0 Å². The first-order valence-corrected chi connectivity index (χ1v) is 32.8. The molecule has 0 aliphatic carbocycles. The smallest absolute Gasteiger partial charge is 0.0707 e. The van der Waals surface area contributed by atoms with Crippen molar-refractivity contribution < 1.29 is 0 Å². The fraction of sp³-hybridized carbons (Fsp3) is 0.361. The molecule has 0 radical (unpaired) electrons. The molecule has 6 aromatic heterocycles. The van der Waals surface area contributed by atoms with Crippen molar-refractivity contribution in [3.05, 3.63) is 241 Å². The van der Waals surface area contributed by atoms with Gasteiger partial charge in [0.25, 0.3) is 0 Å². The number of hydrogen-bond acceptors (Lipinski definition) is 5. The minimum atomic E-state index is 1.10. The van der Waals surface area contributed by atoms with Crippen LogP contribution < -0.4 is 0 Å². The lowest BCUT2D eigenvalue weighted by atomic mass is 9.99. The van der Waals surface area contributed by atoms with Gasteiger partial charge in [-0.3, -0.25) is 24.9 Å². The minimum absolute atomic E-state index is 1.10. The first-order valence-electron chi connectivity index (χ1n) is 32.8. The van der Waals surface area contributed by atoms with Gasteiger partial charge in [0.15, 0.2) is 0 Å². The number of aryl methyl sites for hydroxylation is 18. The Hall–Kier alpha value is -8.09. The molecule has 12 aromatic rings. The van der Waals surface area contributed by atoms with Crippen molar-refractivity contribution in [3.63, 3.8) is 0 Å². The SMILES string of the molecule is CC.CC.CC.CC.CC.CC.Cc1ccc2ccn(C)c2c1C.Cc1ccc2ccnc(C)c2c1C.Cc1ccc2cncc(C)c2c1C.Cc1ccc2nccc(C)c2c1C.Cc1cnc2cccc(C)c2c1C.Cc1ncc2cccc(C)c2c1C. The zero-order valence-electron chi connectivity index (χ0n) is 61.0. The van der Waals surface area contributed by atoms with E-state index in [2.05, 4.69) is 264 Å². The molecular formula is C83H114N6. The maximum atomic E-state index is 4.40. The van der Waals surface area contributed by atoms with Crippen LogP contribution in [-0.4, -0.2) is 29.5 Å². The molecule has 6 nitrogen and oxygen atoms in total. The Kier molecular flexibility index (Phi) is 35.9. The van der Waals surface area contributed by atoms with Crippen LogP contribution in [0, 0.1) is 118 Å². The number of benzene rings is 6. The Morgan fingerprint density at radius 2 is 0.697 bits per heavy atom. The first-order chi connectivity index (χ1) is 42.7. The van der Waals surface area contributed by atoms with Crippen LogP contribution in [0.25, 0.3) is 65.0 Å². The Balaban J connectivity index is 0.000000516. The summed E-state index contributed by atoms with van der Waals surface area (Å²) in [5.41, 5.74) is 25.8. The molecule has 6 heteroatoms. The van der Waals surface area contributed by atoms with Crippen LogP contribution in [0.5, 0.6) is 0 Å². The Morgan fingerprint density at radius 3 is 1.29 bits per heavy atom. The molecule has 0 fully saturated rings. The molecule has 0 unspecified atom stereocenters. The predicted molar refractivity (Wildman–Crippen MR) is 400 cm³/mol. The summed E-state index contributed by atoms with van der Waals surface area (Å²) in [6.45, 7) is 60.3. The van der Waals surface area contributed by atoms with Crippen LogP contribution >= 0.6 is 0 Å². The van der Waals surface area contributed by atoms with E-state index in [1.54, 1.807) is 0 Å². The van der Waals surface area contributed by atoms with Gasteiger partial charge in [-0.2, -0.15) is 0 Å². The van der Waals surface area contributed by atoms with E-state index in [4.69, 9.17) is 0 Å². The molecule has 0 N–H and O–H groups in total. The molecular weight excluding hydrogens is 1080 g/mol. The van der Waals surface area contributed by atoms with Crippen molar-refractivity contribution >= 4 is 65.0 Å². The highest BCUT2D eigenvalue weighted by Gasteiger charge is 2.08. The molecule has 0 atom stereocenters. The fourth-order valence-electron chi connectivity index (χ4n) is 10.4. The Morgan fingerprint density at radius 1 is 0.258 bits per heavy atom. The van der Waals surface area contributed by atoms with E-state index >= 15 is 0 Å². The van der Waals surface area contributed by atoms with E-state index < -0.39 is 0 Å². The highest BCUT2D eigenvalue weighted by Crippen LogP contribution is 2.28. The zero-order valence-corrected chi connectivity index (χ0v) is 61.0. The third-order valence-corrected chi connectivity index (χ3v) is 15.7. The highest BCUT2D eigenvalue weighted by atomic mass is 14.9. The Labute approximate surface area is 540 Å². The van der Waals surface area contributed by atoms with E-state index in [0.29, 0.717) is 0 Å². The highest BCUT2D eigenvalue weighted by molar-refractivity contribution is 5.91. The first kappa shape index (κ1) is 78.9. The minimum Gasteiger partial charge on any atom is -0.350 e.